The van der Waals surface area contributed by atoms with Gasteiger partial charge >= 0.3 is 5.97 Å². The van der Waals surface area contributed by atoms with Crippen molar-refractivity contribution in [2.75, 3.05) is 20.8 Å². The van der Waals surface area contributed by atoms with Crippen LogP contribution in [0.2, 0.25) is 5.02 Å². The first-order valence-corrected chi connectivity index (χ1v) is 11.8. The molecule has 0 aliphatic rings. The molecule has 0 aliphatic carbocycles. The summed E-state index contributed by atoms with van der Waals surface area (Å²) < 4.78 is 15.8. The van der Waals surface area contributed by atoms with Crippen LogP contribution in [0.3, 0.4) is 0 Å². The zero-order valence-corrected chi connectivity index (χ0v) is 21.6. The van der Waals surface area contributed by atoms with Crippen molar-refractivity contribution in [2.45, 2.75) is 20.8 Å². The Labute approximate surface area is 215 Å². The summed E-state index contributed by atoms with van der Waals surface area (Å²) >= 11 is 6.67. The molecule has 0 spiro atoms. The standard InChI is InChI=1S/C28H28ClN3O4/c1-17-12-25(36-16-28(2,3)27(33)35-5)30-14-22(17)19-8-11-21(23(29)13-19)26-31-15-24(32-26)18-6-9-20(34-4)10-7-18/h6-15H,16H2,1-5H3,(H,31,32). The Kier molecular flexibility index (Phi) is 7.31. The molecule has 0 amide bonds. The van der Waals surface area contributed by atoms with E-state index in [9.17, 15) is 4.79 Å². The van der Waals surface area contributed by atoms with Crippen molar-refractivity contribution in [3.05, 3.63) is 71.5 Å². The van der Waals surface area contributed by atoms with Crippen molar-refractivity contribution < 1.29 is 19.0 Å². The Morgan fingerprint density at radius 2 is 1.69 bits per heavy atom. The van der Waals surface area contributed by atoms with Crippen LogP contribution in [-0.4, -0.2) is 41.7 Å². The van der Waals surface area contributed by atoms with Gasteiger partial charge in [0.05, 0.1) is 36.5 Å². The van der Waals surface area contributed by atoms with Crippen LogP contribution in [-0.2, 0) is 9.53 Å². The second kappa shape index (κ2) is 10.4. The van der Waals surface area contributed by atoms with Crippen LogP contribution in [0.5, 0.6) is 11.6 Å². The topological polar surface area (TPSA) is 86.3 Å². The highest BCUT2D eigenvalue weighted by Crippen LogP contribution is 2.34. The number of carbonyl (C=O) groups excluding carboxylic acids is 1. The van der Waals surface area contributed by atoms with Crippen LogP contribution < -0.4 is 9.47 Å². The number of halogens is 1. The lowest BCUT2D eigenvalue weighted by Crippen LogP contribution is -2.32. The lowest BCUT2D eigenvalue weighted by molar-refractivity contribution is -0.152. The highest BCUT2D eigenvalue weighted by Gasteiger charge is 2.30. The molecule has 36 heavy (non-hydrogen) atoms. The summed E-state index contributed by atoms with van der Waals surface area (Å²) in [7, 11) is 3.01. The van der Waals surface area contributed by atoms with E-state index in [0.29, 0.717) is 16.7 Å². The first-order chi connectivity index (χ1) is 17.2. The molecule has 8 heteroatoms. The molecule has 1 N–H and O–H groups in total. The first-order valence-electron chi connectivity index (χ1n) is 11.4. The van der Waals surface area contributed by atoms with Crippen LogP contribution in [0.25, 0.3) is 33.8 Å². The number of imidazole rings is 1. The number of hydrogen-bond acceptors (Lipinski definition) is 6. The number of hydrogen-bond donors (Lipinski definition) is 1. The van der Waals surface area contributed by atoms with E-state index in [1.807, 2.05) is 55.5 Å². The Morgan fingerprint density at radius 3 is 2.33 bits per heavy atom. The number of rotatable bonds is 8. The van der Waals surface area contributed by atoms with E-state index in [1.54, 1.807) is 33.4 Å². The third kappa shape index (κ3) is 5.36. The number of methoxy groups -OCH3 is 2. The summed E-state index contributed by atoms with van der Waals surface area (Å²) in [4.78, 5) is 24.2. The monoisotopic (exact) mass is 505 g/mol. The van der Waals surface area contributed by atoms with Crippen molar-refractivity contribution in [3.8, 4) is 45.4 Å². The Morgan fingerprint density at radius 1 is 0.972 bits per heavy atom. The van der Waals surface area contributed by atoms with Gasteiger partial charge in [-0.1, -0.05) is 17.7 Å². The number of carbonyl (C=O) groups is 1. The van der Waals surface area contributed by atoms with E-state index in [4.69, 9.17) is 25.8 Å². The first kappa shape index (κ1) is 25.3. The number of nitrogens with zero attached hydrogens (tertiary/aromatic N) is 2. The number of pyridine rings is 1. The number of aryl methyl sites for hydroxylation is 1. The molecule has 0 unspecified atom stereocenters. The number of nitrogens with one attached hydrogen (secondary N) is 1. The summed E-state index contributed by atoms with van der Waals surface area (Å²) in [5.74, 6) is 1.59. The fraction of sp³-hybridized carbons (Fsp3) is 0.250. The van der Waals surface area contributed by atoms with Crippen LogP contribution >= 0.6 is 11.6 Å². The van der Waals surface area contributed by atoms with E-state index in [2.05, 4.69) is 15.0 Å². The van der Waals surface area contributed by atoms with Crippen molar-refractivity contribution in [2.24, 2.45) is 5.41 Å². The number of ether oxygens (including phenoxy) is 3. The predicted molar refractivity (Wildman–Crippen MR) is 140 cm³/mol. The Hall–Kier alpha value is -3.84. The zero-order chi connectivity index (χ0) is 25.9. The maximum absolute atomic E-state index is 11.9. The van der Waals surface area contributed by atoms with Crippen LogP contribution in [0.15, 0.2) is 60.9 Å². The van der Waals surface area contributed by atoms with Gasteiger partial charge in [0, 0.05) is 23.4 Å². The number of benzene rings is 2. The molecule has 0 bridgehead atoms. The Balaban J connectivity index is 1.52. The molecule has 4 aromatic rings. The van der Waals surface area contributed by atoms with Gasteiger partial charge < -0.3 is 19.2 Å². The molecule has 0 saturated carbocycles. The fourth-order valence-corrected chi connectivity index (χ4v) is 4.02. The summed E-state index contributed by atoms with van der Waals surface area (Å²) in [6, 6.07) is 15.4. The van der Waals surface area contributed by atoms with Gasteiger partial charge in [-0.05, 0) is 73.9 Å². The number of aromatic amines is 1. The number of aromatic nitrogens is 3. The Bertz CT molecular complexity index is 1380. The molecular formula is C28H28ClN3O4. The second-order valence-corrected chi connectivity index (χ2v) is 9.48. The minimum absolute atomic E-state index is 0.160. The number of H-pyrrole nitrogens is 1. The van der Waals surface area contributed by atoms with E-state index < -0.39 is 5.41 Å². The molecule has 186 valence electrons. The largest absolute Gasteiger partial charge is 0.497 e. The van der Waals surface area contributed by atoms with E-state index in [0.717, 1.165) is 39.3 Å². The lowest BCUT2D eigenvalue weighted by Gasteiger charge is -2.21. The normalized spacial score (nSPS) is 11.3. The average Bonchev–Trinajstić information content (AvgIpc) is 3.37. The molecule has 0 aliphatic heterocycles. The molecule has 0 saturated heterocycles. The molecule has 0 fully saturated rings. The summed E-state index contributed by atoms with van der Waals surface area (Å²) in [5, 5.41) is 0.572. The van der Waals surface area contributed by atoms with Gasteiger partial charge in [-0.3, -0.25) is 4.79 Å². The van der Waals surface area contributed by atoms with Gasteiger partial charge in [-0.25, -0.2) is 9.97 Å². The minimum atomic E-state index is -0.772. The molecule has 7 nitrogen and oxygen atoms in total. The fourth-order valence-electron chi connectivity index (χ4n) is 3.75. The number of esters is 1. The SMILES string of the molecule is COC(=O)C(C)(C)COc1cc(C)c(-c2ccc(-c3ncc(-c4ccc(OC)cc4)[nH]3)c(Cl)c2)cn1. The molecule has 2 aromatic carbocycles. The molecule has 4 rings (SSSR count). The molecule has 2 heterocycles. The molecule has 2 aromatic heterocycles. The smallest absolute Gasteiger partial charge is 0.314 e. The maximum Gasteiger partial charge on any atom is 0.314 e. The van der Waals surface area contributed by atoms with Crippen molar-refractivity contribution in [1.82, 2.24) is 15.0 Å². The van der Waals surface area contributed by atoms with E-state index in [-0.39, 0.29) is 12.6 Å². The van der Waals surface area contributed by atoms with Crippen molar-refractivity contribution in [3.63, 3.8) is 0 Å². The minimum Gasteiger partial charge on any atom is -0.497 e. The second-order valence-electron chi connectivity index (χ2n) is 9.07. The van der Waals surface area contributed by atoms with Crippen LogP contribution in [0, 0.1) is 12.3 Å². The van der Waals surface area contributed by atoms with E-state index >= 15 is 0 Å². The van der Waals surface area contributed by atoms with Crippen LogP contribution in [0.4, 0.5) is 0 Å². The molecule has 0 atom stereocenters. The van der Waals surface area contributed by atoms with Gasteiger partial charge in [0.1, 0.15) is 18.2 Å². The molecular weight excluding hydrogens is 478 g/mol. The summed E-state index contributed by atoms with van der Waals surface area (Å²) in [5.41, 5.74) is 4.75. The van der Waals surface area contributed by atoms with E-state index in [1.165, 1.54) is 7.11 Å². The summed E-state index contributed by atoms with van der Waals surface area (Å²) in [6.07, 6.45) is 3.53. The zero-order valence-electron chi connectivity index (χ0n) is 20.9. The highest BCUT2D eigenvalue weighted by molar-refractivity contribution is 6.33. The third-order valence-electron chi connectivity index (χ3n) is 5.92. The van der Waals surface area contributed by atoms with Gasteiger partial charge in [0.25, 0.3) is 0 Å². The quantitative estimate of drug-likeness (QED) is 0.281. The average molecular weight is 506 g/mol. The lowest BCUT2D eigenvalue weighted by atomic mass is 9.95. The highest BCUT2D eigenvalue weighted by atomic mass is 35.5. The molecule has 0 radical (unpaired) electrons. The van der Waals surface area contributed by atoms with Crippen molar-refractivity contribution in [1.29, 1.82) is 0 Å². The maximum atomic E-state index is 11.9. The van der Waals surface area contributed by atoms with Crippen molar-refractivity contribution >= 4 is 17.6 Å². The van der Waals surface area contributed by atoms with Gasteiger partial charge in [-0.15, -0.1) is 0 Å². The van der Waals surface area contributed by atoms with Gasteiger partial charge in [0.15, 0.2) is 0 Å². The summed E-state index contributed by atoms with van der Waals surface area (Å²) in [6.45, 7) is 5.67. The third-order valence-corrected chi connectivity index (χ3v) is 6.23. The van der Waals surface area contributed by atoms with Gasteiger partial charge in [-0.2, -0.15) is 0 Å². The van der Waals surface area contributed by atoms with Gasteiger partial charge in [0.2, 0.25) is 5.88 Å². The predicted octanol–water partition coefficient (Wildman–Crippen LogP) is 6.35. The van der Waals surface area contributed by atoms with Crippen LogP contribution in [0.1, 0.15) is 19.4 Å².